The van der Waals surface area contributed by atoms with Gasteiger partial charge in [0.05, 0.1) is 6.54 Å². The second kappa shape index (κ2) is 7.05. The van der Waals surface area contributed by atoms with Crippen LogP contribution in [0.4, 0.5) is 0 Å². The monoisotopic (exact) mass is 330 g/mol. The van der Waals surface area contributed by atoms with Crippen molar-refractivity contribution >= 4 is 22.8 Å². The Kier molecular flexibility index (Phi) is 4.85. The zero-order chi connectivity index (χ0) is 17.1. The van der Waals surface area contributed by atoms with Gasteiger partial charge in [0.15, 0.2) is 5.76 Å². The van der Waals surface area contributed by atoms with Crippen LogP contribution in [0.5, 0.6) is 0 Å². The van der Waals surface area contributed by atoms with E-state index >= 15 is 0 Å². The Morgan fingerprint density at radius 2 is 2.08 bits per heavy atom. The summed E-state index contributed by atoms with van der Waals surface area (Å²) in [6.45, 7) is 1.32. The van der Waals surface area contributed by atoms with Gasteiger partial charge in [0.1, 0.15) is 5.58 Å². The number of furan rings is 1. The molecule has 2 heterocycles. The molecule has 1 aromatic carbocycles. The van der Waals surface area contributed by atoms with E-state index in [2.05, 4.69) is 0 Å². The number of para-hydroxylation sites is 1. The number of carbonyl (C=O) groups is 2. The predicted octanol–water partition coefficient (Wildman–Crippen LogP) is 2.44. The molecule has 24 heavy (non-hydrogen) atoms. The van der Waals surface area contributed by atoms with Crippen molar-refractivity contribution in [1.29, 1.82) is 0 Å². The van der Waals surface area contributed by atoms with Crippen LogP contribution in [0.1, 0.15) is 29.8 Å². The molecule has 128 valence electrons. The number of carboxylic acids is 1. The fourth-order valence-corrected chi connectivity index (χ4v) is 3.31. The average molecular weight is 330 g/mol. The molecule has 0 aliphatic carbocycles. The zero-order valence-corrected chi connectivity index (χ0v) is 13.8. The first kappa shape index (κ1) is 16.5. The highest BCUT2D eigenvalue weighted by Crippen LogP contribution is 2.22. The van der Waals surface area contributed by atoms with Gasteiger partial charge in [0.25, 0.3) is 5.91 Å². The normalized spacial score (nSPS) is 18.8. The van der Waals surface area contributed by atoms with Crippen LogP contribution in [-0.2, 0) is 4.79 Å². The number of aliphatic carboxylic acids is 1. The van der Waals surface area contributed by atoms with E-state index in [-0.39, 0.29) is 18.5 Å². The van der Waals surface area contributed by atoms with Gasteiger partial charge in [-0.1, -0.05) is 18.2 Å². The Morgan fingerprint density at radius 3 is 2.83 bits per heavy atom. The highest BCUT2D eigenvalue weighted by Gasteiger charge is 2.26. The second-order valence-electron chi connectivity index (χ2n) is 6.33. The maximum absolute atomic E-state index is 12.7. The van der Waals surface area contributed by atoms with Gasteiger partial charge in [-0.25, -0.2) is 0 Å². The summed E-state index contributed by atoms with van der Waals surface area (Å²) in [5.41, 5.74) is 0.717. The number of likely N-dealkylation sites (tertiary alicyclic amines) is 1. The largest absolute Gasteiger partial charge is 0.480 e. The molecule has 0 spiro atoms. The van der Waals surface area contributed by atoms with E-state index in [9.17, 15) is 9.59 Å². The summed E-state index contributed by atoms with van der Waals surface area (Å²) in [5.74, 6) is -0.543. The topological polar surface area (TPSA) is 74.0 Å². The minimum absolute atomic E-state index is 0.0299. The van der Waals surface area contributed by atoms with Crippen molar-refractivity contribution in [3.05, 3.63) is 36.1 Å². The molecule has 2 aromatic rings. The molecule has 1 aliphatic heterocycles. The van der Waals surface area contributed by atoms with Crippen LogP contribution < -0.4 is 0 Å². The highest BCUT2D eigenvalue weighted by molar-refractivity contribution is 5.96. The Bertz CT molecular complexity index is 706. The molecule has 6 heteroatoms. The highest BCUT2D eigenvalue weighted by atomic mass is 16.4. The number of hydrogen-bond donors (Lipinski definition) is 1. The Balaban J connectivity index is 1.67. The number of carbonyl (C=O) groups excluding carboxylic acids is 1. The second-order valence-corrected chi connectivity index (χ2v) is 6.33. The summed E-state index contributed by atoms with van der Waals surface area (Å²) >= 11 is 0. The van der Waals surface area contributed by atoms with Crippen LogP contribution in [0.15, 0.2) is 34.7 Å². The van der Waals surface area contributed by atoms with Crippen LogP contribution in [0, 0.1) is 0 Å². The molecule has 1 unspecified atom stereocenters. The summed E-state index contributed by atoms with van der Waals surface area (Å²) in [4.78, 5) is 27.2. The molecule has 1 atom stereocenters. The van der Waals surface area contributed by atoms with Crippen LogP contribution >= 0.6 is 0 Å². The quantitative estimate of drug-likeness (QED) is 0.932. The van der Waals surface area contributed by atoms with E-state index in [0.29, 0.717) is 18.8 Å². The molecule has 0 saturated carbocycles. The number of carboxylic acid groups (broad SMARTS) is 1. The average Bonchev–Trinajstić information content (AvgIpc) is 2.82. The molecule has 1 amide bonds. The van der Waals surface area contributed by atoms with E-state index in [4.69, 9.17) is 9.52 Å². The number of benzene rings is 1. The maximum atomic E-state index is 12.7. The molecule has 0 bridgehead atoms. The number of fused-ring (bicyclic) bond motifs is 1. The molecule has 1 aromatic heterocycles. The first-order chi connectivity index (χ1) is 11.5. The van der Waals surface area contributed by atoms with Gasteiger partial charge in [0, 0.05) is 24.5 Å². The molecule has 3 rings (SSSR count). The fraction of sp³-hybridized carbons (Fsp3) is 0.444. The maximum Gasteiger partial charge on any atom is 0.317 e. The molecule has 6 nitrogen and oxygen atoms in total. The minimum Gasteiger partial charge on any atom is -0.480 e. The SMILES string of the molecule is CN(CC(=O)O)C1CCCN(C(=O)c2cc3ccccc3o2)CC1. The van der Waals surface area contributed by atoms with Gasteiger partial charge in [-0.2, -0.15) is 0 Å². The number of nitrogens with zero attached hydrogens (tertiary/aromatic N) is 2. The van der Waals surface area contributed by atoms with Crippen molar-refractivity contribution in [3.63, 3.8) is 0 Å². The van der Waals surface area contributed by atoms with Crippen molar-refractivity contribution < 1.29 is 19.1 Å². The van der Waals surface area contributed by atoms with Gasteiger partial charge in [-0.3, -0.25) is 14.5 Å². The van der Waals surface area contributed by atoms with Crippen LogP contribution in [0.25, 0.3) is 11.0 Å². The summed E-state index contributed by atoms with van der Waals surface area (Å²) in [6.07, 6.45) is 2.53. The number of rotatable bonds is 4. The van der Waals surface area contributed by atoms with E-state index < -0.39 is 5.97 Å². The van der Waals surface area contributed by atoms with Crippen LogP contribution in [-0.4, -0.2) is 59.5 Å². The third kappa shape index (κ3) is 3.59. The molecular formula is C18H22N2O4. The lowest BCUT2D eigenvalue weighted by molar-refractivity contribution is -0.138. The van der Waals surface area contributed by atoms with Crippen molar-refractivity contribution in [2.75, 3.05) is 26.7 Å². The Labute approximate surface area is 140 Å². The van der Waals surface area contributed by atoms with Gasteiger partial charge in [-0.05, 0) is 38.4 Å². The molecule has 1 fully saturated rings. The van der Waals surface area contributed by atoms with E-state index in [1.165, 1.54) is 0 Å². The first-order valence-electron chi connectivity index (χ1n) is 8.24. The van der Waals surface area contributed by atoms with Gasteiger partial charge >= 0.3 is 5.97 Å². The lowest BCUT2D eigenvalue weighted by Gasteiger charge is -2.25. The van der Waals surface area contributed by atoms with Gasteiger partial charge in [-0.15, -0.1) is 0 Å². The number of hydrogen-bond acceptors (Lipinski definition) is 4. The van der Waals surface area contributed by atoms with Crippen LogP contribution in [0.3, 0.4) is 0 Å². The molecular weight excluding hydrogens is 308 g/mol. The first-order valence-corrected chi connectivity index (χ1v) is 8.24. The lowest BCUT2D eigenvalue weighted by atomic mass is 10.1. The smallest absolute Gasteiger partial charge is 0.317 e. The number of amides is 1. The zero-order valence-electron chi connectivity index (χ0n) is 13.8. The standard InChI is InChI=1S/C18H22N2O4/c1-19(12-17(21)22)14-6-4-9-20(10-8-14)18(23)16-11-13-5-2-3-7-15(13)24-16/h2-3,5,7,11,14H,4,6,8-10,12H2,1H3,(H,21,22). The predicted molar refractivity (Wildman–Crippen MR) is 90.0 cm³/mol. The number of likely N-dealkylation sites (N-methyl/N-ethyl adjacent to an activating group) is 1. The Hall–Kier alpha value is -2.34. The molecule has 0 radical (unpaired) electrons. The molecule has 1 aliphatic rings. The van der Waals surface area contributed by atoms with Crippen molar-refractivity contribution in [2.45, 2.75) is 25.3 Å². The summed E-state index contributed by atoms with van der Waals surface area (Å²) in [7, 11) is 1.83. The lowest BCUT2D eigenvalue weighted by Crippen LogP contribution is -2.37. The fourth-order valence-electron chi connectivity index (χ4n) is 3.31. The van der Waals surface area contributed by atoms with Crippen LogP contribution in [0.2, 0.25) is 0 Å². The van der Waals surface area contributed by atoms with Crippen molar-refractivity contribution in [2.24, 2.45) is 0 Å². The third-order valence-corrected chi connectivity index (χ3v) is 4.63. The minimum atomic E-state index is -0.822. The van der Waals surface area contributed by atoms with E-state index in [1.54, 1.807) is 6.07 Å². The van der Waals surface area contributed by atoms with Gasteiger partial charge < -0.3 is 14.4 Å². The summed E-state index contributed by atoms with van der Waals surface area (Å²) in [6, 6.07) is 9.56. The van der Waals surface area contributed by atoms with Gasteiger partial charge in [0.2, 0.25) is 0 Å². The molecule has 1 saturated heterocycles. The van der Waals surface area contributed by atoms with Crippen molar-refractivity contribution in [1.82, 2.24) is 9.80 Å². The Morgan fingerprint density at radius 1 is 1.29 bits per heavy atom. The molecule has 1 N–H and O–H groups in total. The third-order valence-electron chi connectivity index (χ3n) is 4.63. The van der Waals surface area contributed by atoms with E-state index in [0.717, 1.165) is 30.2 Å². The summed E-state index contributed by atoms with van der Waals surface area (Å²) in [5, 5.41) is 9.85. The van der Waals surface area contributed by atoms with Crippen molar-refractivity contribution in [3.8, 4) is 0 Å². The van der Waals surface area contributed by atoms with E-state index in [1.807, 2.05) is 41.1 Å². The summed E-state index contributed by atoms with van der Waals surface area (Å²) < 4.78 is 5.67.